The number of rotatable bonds is 6. The fourth-order valence-electron chi connectivity index (χ4n) is 1.75. The van der Waals surface area contributed by atoms with Crippen LogP contribution in [0, 0.1) is 0 Å². The Labute approximate surface area is 95.4 Å². The van der Waals surface area contributed by atoms with Crippen molar-refractivity contribution in [1.82, 2.24) is 5.32 Å². The zero-order valence-corrected chi connectivity index (χ0v) is 9.66. The molecule has 16 heavy (non-hydrogen) atoms. The maximum atomic E-state index is 11.7. The van der Waals surface area contributed by atoms with E-state index in [4.69, 9.17) is 10.8 Å². The summed E-state index contributed by atoms with van der Waals surface area (Å²) in [4.78, 5) is 22.6. The van der Waals surface area contributed by atoms with Gasteiger partial charge in [-0.25, -0.2) is 4.79 Å². The van der Waals surface area contributed by atoms with Crippen LogP contribution in [0.4, 0.5) is 0 Å². The van der Waals surface area contributed by atoms with Crippen LogP contribution in [-0.4, -0.2) is 28.6 Å². The summed E-state index contributed by atoms with van der Waals surface area (Å²) in [6.45, 7) is 1.98. The van der Waals surface area contributed by atoms with E-state index in [1.165, 1.54) is 0 Å². The highest BCUT2D eigenvalue weighted by molar-refractivity contribution is 5.90. The molecule has 0 bridgehead atoms. The molecule has 0 aromatic carbocycles. The summed E-state index contributed by atoms with van der Waals surface area (Å²) in [5.41, 5.74) is 5.00. The first-order valence-electron chi connectivity index (χ1n) is 5.82. The molecule has 0 spiro atoms. The molecule has 0 saturated heterocycles. The first kappa shape index (κ1) is 13.0. The first-order valence-corrected chi connectivity index (χ1v) is 5.82. The Morgan fingerprint density at radius 3 is 2.50 bits per heavy atom. The van der Waals surface area contributed by atoms with Crippen LogP contribution in [0.15, 0.2) is 0 Å². The summed E-state index contributed by atoms with van der Waals surface area (Å²) < 4.78 is 0. The Hall–Kier alpha value is -1.10. The summed E-state index contributed by atoms with van der Waals surface area (Å²) in [6.07, 6.45) is 4.41. The Morgan fingerprint density at radius 1 is 1.50 bits per heavy atom. The van der Waals surface area contributed by atoms with E-state index < -0.39 is 17.6 Å². The number of unbranched alkanes of at least 4 members (excludes halogenated alkanes) is 1. The van der Waals surface area contributed by atoms with E-state index in [0.717, 1.165) is 19.3 Å². The zero-order chi connectivity index (χ0) is 12.2. The van der Waals surface area contributed by atoms with Crippen molar-refractivity contribution in [2.45, 2.75) is 57.0 Å². The Morgan fingerprint density at radius 2 is 2.12 bits per heavy atom. The van der Waals surface area contributed by atoms with E-state index in [1.54, 1.807) is 0 Å². The van der Waals surface area contributed by atoms with Crippen molar-refractivity contribution < 1.29 is 14.7 Å². The highest BCUT2D eigenvalue weighted by Crippen LogP contribution is 2.29. The molecule has 1 fully saturated rings. The molecule has 0 unspecified atom stereocenters. The molecule has 0 heterocycles. The van der Waals surface area contributed by atoms with Gasteiger partial charge in [-0.3, -0.25) is 4.79 Å². The van der Waals surface area contributed by atoms with Crippen LogP contribution in [-0.2, 0) is 9.59 Å². The number of hydrogen-bond acceptors (Lipinski definition) is 3. The van der Waals surface area contributed by atoms with Crippen molar-refractivity contribution in [3.05, 3.63) is 0 Å². The van der Waals surface area contributed by atoms with Crippen LogP contribution in [0.1, 0.15) is 45.4 Å². The second-order valence-electron chi connectivity index (χ2n) is 4.52. The first-order chi connectivity index (χ1) is 7.49. The molecular weight excluding hydrogens is 208 g/mol. The largest absolute Gasteiger partial charge is 0.480 e. The number of amides is 1. The van der Waals surface area contributed by atoms with Gasteiger partial charge in [0.2, 0.25) is 5.91 Å². The van der Waals surface area contributed by atoms with Gasteiger partial charge in [0.25, 0.3) is 0 Å². The van der Waals surface area contributed by atoms with E-state index in [2.05, 4.69) is 5.32 Å². The number of nitrogens with two attached hydrogens (primary N) is 1. The van der Waals surface area contributed by atoms with Crippen LogP contribution in [0.3, 0.4) is 0 Å². The lowest BCUT2D eigenvalue weighted by Crippen LogP contribution is -2.61. The van der Waals surface area contributed by atoms with E-state index >= 15 is 0 Å². The predicted molar refractivity (Wildman–Crippen MR) is 59.9 cm³/mol. The molecule has 1 saturated carbocycles. The minimum Gasteiger partial charge on any atom is -0.480 e. The number of hydrogen-bond donors (Lipinski definition) is 3. The molecule has 5 nitrogen and oxygen atoms in total. The number of carbonyl (C=O) groups is 2. The molecule has 1 rings (SSSR count). The third-order valence-corrected chi connectivity index (χ3v) is 3.15. The molecule has 0 aromatic heterocycles. The van der Waals surface area contributed by atoms with E-state index in [1.807, 2.05) is 6.92 Å². The van der Waals surface area contributed by atoms with Crippen molar-refractivity contribution in [1.29, 1.82) is 0 Å². The lowest BCUT2D eigenvalue weighted by molar-refractivity contribution is -0.143. The van der Waals surface area contributed by atoms with Gasteiger partial charge in [-0.1, -0.05) is 19.8 Å². The number of carbonyl (C=O) groups excluding carboxylic acids is 1. The number of carboxylic acids is 1. The van der Waals surface area contributed by atoms with Gasteiger partial charge < -0.3 is 16.2 Å². The van der Waals surface area contributed by atoms with Gasteiger partial charge in [0.05, 0.1) is 5.54 Å². The molecule has 92 valence electrons. The number of aliphatic carboxylic acids is 1. The molecule has 0 radical (unpaired) electrons. The molecule has 1 aliphatic carbocycles. The van der Waals surface area contributed by atoms with Crippen LogP contribution in [0.25, 0.3) is 0 Å². The van der Waals surface area contributed by atoms with Crippen molar-refractivity contribution in [2.75, 3.05) is 0 Å². The fourth-order valence-corrected chi connectivity index (χ4v) is 1.75. The van der Waals surface area contributed by atoms with Gasteiger partial charge in [0, 0.05) is 0 Å². The third-order valence-electron chi connectivity index (χ3n) is 3.15. The van der Waals surface area contributed by atoms with E-state index in [-0.39, 0.29) is 5.91 Å². The lowest BCUT2D eigenvalue weighted by Gasteiger charge is -2.37. The average Bonchev–Trinajstić information content (AvgIpc) is 2.19. The standard InChI is InChI=1S/C11H20N2O3/c1-2-3-5-8(9(14)15)13-10(16)11(12)6-4-7-11/h8H,2-7,12H2,1H3,(H,13,16)(H,14,15)/t8-/m0/s1. The fraction of sp³-hybridized carbons (Fsp3) is 0.818. The predicted octanol–water partition coefficient (Wildman–Crippen LogP) is 0.627. The molecule has 1 aliphatic rings. The van der Waals surface area contributed by atoms with Gasteiger partial charge in [-0.15, -0.1) is 0 Å². The molecule has 4 N–H and O–H groups in total. The van der Waals surface area contributed by atoms with Gasteiger partial charge >= 0.3 is 5.97 Å². The van der Waals surface area contributed by atoms with Gasteiger partial charge in [0.15, 0.2) is 0 Å². The van der Waals surface area contributed by atoms with E-state index in [9.17, 15) is 9.59 Å². The molecule has 5 heteroatoms. The molecular formula is C11H20N2O3. The second kappa shape index (κ2) is 5.30. The van der Waals surface area contributed by atoms with E-state index in [0.29, 0.717) is 19.3 Å². The maximum absolute atomic E-state index is 11.7. The zero-order valence-electron chi connectivity index (χ0n) is 9.66. The quantitative estimate of drug-likeness (QED) is 0.621. The van der Waals surface area contributed by atoms with Crippen molar-refractivity contribution in [3.63, 3.8) is 0 Å². The van der Waals surface area contributed by atoms with Crippen LogP contribution >= 0.6 is 0 Å². The lowest BCUT2D eigenvalue weighted by atomic mass is 9.77. The maximum Gasteiger partial charge on any atom is 0.326 e. The van der Waals surface area contributed by atoms with Crippen molar-refractivity contribution in [3.8, 4) is 0 Å². The summed E-state index contributed by atoms with van der Waals surface area (Å²) in [7, 11) is 0. The smallest absolute Gasteiger partial charge is 0.326 e. The minimum atomic E-state index is -0.982. The van der Waals surface area contributed by atoms with Crippen molar-refractivity contribution in [2.24, 2.45) is 5.73 Å². The summed E-state index contributed by atoms with van der Waals surface area (Å²) >= 11 is 0. The van der Waals surface area contributed by atoms with Gasteiger partial charge in [-0.05, 0) is 25.7 Å². The Balaban J connectivity index is 2.47. The topological polar surface area (TPSA) is 92.4 Å². The van der Waals surface area contributed by atoms with Gasteiger partial charge in [-0.2, -0.15) is 0 Å². The molecule has 1 amide bonds. The Bertz CT molecular complexity index is 274. The number of carboxylic acid groups (broad SMARTS) is 1. The molecule has 0 aromatic rings. The third kappa shape index (κ3) is 2.95. The van der Waals surface area contributed by atoms with Crippen LogP contribution < -0.4 is 11.1 Å². The van der Waals surface area contributed by atoms with Crippen molar-refractivity contribution >= 4 is 11.9 Å². The van der Waals surface area contributed by atoms with Crippen LogP contribution in [0.5, 0.6) is 0 Å². The average molecular weight is 228 g/mol. The Kier molecular flexibility index (Phi) is 4.29. The highest BCUT2D eigenvalue weighted by Gasteiger charge is 2.41. The summed E-state index contributed by atoms with van der Waals surface area (Å²) in [5, 5.41) is 11.5. The monoisotopic (exact) mass is 228 g/mol. The SMILES string of the molecule is CCCC[C@H](NC(=O)C1(N)CCC1)C(=O)O. The highest BCUT2D eigenvalue weighted by atomic mass is 16.4. The minimum absolute atomic E-state index is 0.317. The molecule has 0 aliphatic heterocycles. The summed E-state index contributed by atoms with van der Waals surface area (Å²) in [5.74, 6) is -1.30. The summed E-state index contributed by atoms with van der Waals surface area (Å²) in [6, 6.07) is -0.798. The van der Waals surface area contributed by atoms with Gasteiger partial charge in [0.1, 0.15) is 6.04 Å². The normalized spacial score (nSPS) is 19.6. The number of nitrogens with one attached hydrogen (secondary N) is 1. The molecule has 1 atom stereocenters. The second-order valence-corrected chi connectivity index (χ2v) is 4.52. The van der Waals surface area contributed by atoms with Crippen LogP contribution in [0.2, 0.25) is 0 Å².